The van der Waals surface area contributed by atoms with Crippen LogP contribution in [0.15, 0.2) is 0 Å². The van der Waals surface area contributed by atoms with Gasteiger partial charge in [-0.15, -0.1) is 0 Å². The fourth-order valence-electron chi connectivity index (χ4n) is 1.90. The molecule has 0 radical (unpaired) electrons. The van der Waals surface area contributed by atoms with Gasteiger partial charge in [0.25, 0.3) is 0 Å². The summed E-state index contributed by atoms with van der Waals surface area (Å²) in [7, 11) is 0. The lowest BCUT2D eigenvalue weighted by Gasteiger charge is -2.32. The molecule has 0 aromatic carbocycles. The zero-order chi connectivity index (χ0) is 10.1. The van der Waals surface area contributed by atoms with Gasteiger partial charge < -0.3 is 0 Å². The molecule has 0 bridgehead atoms. The van der Waals surface area contributed by atoms with Gasteiger partial charge in [-0.1, -0.05) is 26.2 Å². The molecular weight excluding hydrogens is 181 g/mol. The van der Waals surface area contributed by atoms with Crippen LogP contribution < -0.4 is 0 Å². The Morgan fingerprint density at radius 3 is 2.00 bits per heavy atom. The van der Waals surface area contributed by atoms with Crippen LogP contribution in [-0.2, 0) is 4.79 Å². The monoisotopic (exact) mass is 194 g/mol. The molecule has 0 heterocycles. The molecular formula is C9H13F3O. The minimum absolute atomic E-state index is 0.380. The van der Waals surface area contributed by atoms with Gasteiger partial charge in [0.1, 0.15) is 0 Å². The van der Waals surface area contributed by atoms with Crippen molar-refractivity contribution in [3.8, 4) is 0 Å². The third kappa shape index (κ3) is 2.23. The first-order chi connectivity index (χ1) is 5.86. The highest BCUT2D eigenvalue weighted by Gasteiger charge is 2.49. The summed E-state index contributed by atoms with van der Waals surface area (Å²) in [6, 6.07) is 0. The molecule has 1 saturated carbocycles. The van der Waals surface area contributed by atoms with E-state index in [2.05, 4.69) is 0 Å². The van der Waals surface area contributed by atoms with Crippen LogP contribution in [-0.4, -0.2) is 12.0 Å². The van der Waals surface area contributed by atoms with E-state index in [0.717, 1.165) is 19.3 Å². The van der Waals surface area contributed by atoms with E-state index in [1.54, 1.807) is 0 Å². The average molecular weight is 194 g/mol. The highest BCUT2D eigenvalue weighted by Crippen LogP contribution is 2.41. The zero-order valence-corrected chi connectivity index (χ0v) is 7.58. The second-order valence-corrected chi connectivity index (χ2v) is 3.95. The van der Waals surface area contributed by atoms with E-state index in [1.807, 2.05) is 0 Å². The summed E-state index contributed by atoms with van der Waals surface area (Å²) in [4.78, 5) is 11.0. The molecule has 1 rings (SSSR count). The Morgan fingerprint density at radius 2 is 1.62 bits per heavy atom. The number of carbonyl (C=O) groups is 1. The summed E-state index contributed by atoms with van der Waals surface area (Å²) in [6.07, 6.45) is -1.49. The maximum atomic E-state index is 12.1. The van der Waals surface area contributed by atoms with E-state index in [1.165, 1.54) is 6.92 Å². The van der Waals surface area contributed by atoms with Crippen LogP contribution in [0.5, 0.6) is 0 Å². The predicted octanol–water partition coefficient (Wildman–Crippen LogP) is 3.09. The third-order valence-corrected chi connectivity index (χ3v) is 2.76. The lowest BCUT2D eigenvalue weighted by Crippen LogP contribution is -2.40. The van der Waals surface area contributed by atoms with Crippen molar-refractivity contribution in [2.75, 3.05) is 0 Å². The molecule has 1 nitrogen and oxygen atoms in total. The second-order valence-electron chi connectivity index (χ2n) is 3.95. The van der Waals surface area contributed by atoms with Gasteiger partial charge in [-0.2, -0.15) is 13.2 Å². The molecule has 0 spiro atoms. The summed E-state index contributed by atoms with van der Waals surface area (Å²) in [5.74, 6) is -1.54. The summed E-state index contributed by atoms with van der Waals surface area (Å²) in [6.45, 7) is 1.43. The van der Waals surface area contributed by atoms with Crippen LogP contribution in [0.3, 0.4) is 0 Å². The average Bonchev–Trinajstić information content (AvgIpc) is 2.03. The highest BCUT2D eigenvalue weighted by atomic mass is 19.4. The van der Waals surface area contributed by atoms with Gasteiger partial charge in [0.15, 0.2) is 0 Å². The summed E-state index contributed by atoms with van der Waals surface area (Å²) in [5, 5.41) is 0. The molecule has 13 heavy (non-hydrogen) atoms. The Kier molecular flexibility index (Phi) is 2.68. The van der Waals surface area contributed by atoms with Gasteiger partial charge in [-0.25, -0.2) is 0 Å². The van der Waals surface area contributed by atoms with Gasteiger partial charge >= 0.3 is 6.18 Å². The second kappa shape index (κ2) is 3.31. The highest BCUT2D eigenvalue weighted by molar-refractivity contribution is 5.89. The first kappa shape index (κ1) is 10.5. The summed E-state index contributed by atoms with van der Waals surface area (Å²) in [5.41, 5.74) is -1.14. The van der Waals surface area contributed by atoms with E-state index in [-0.39, 0.29) is 0 Å². The zero-order valence-electron chi connectivity index (χ0n) is 7.58. The van der Waals surface area contributed by atoms with Crippen molar-refractivity contribution in [1.29, 1.82) is 0 Å². The Hall–Kier alpha value is -0.540. The molecule has 0 N–H and O–H groups in total. The smallest absolute Gasteiger partial charge is 0.289 e. The number of carbonyl (C=O) groups excluding carboxylic acids is 1. The number of hydrogen-bond donors (Lipinski definition) is 0. The van der Waals surface area contributed by atoms with Gasteiger partial charge in [-0.3, -0.25) is 4.79 Å². The van der Waals surface area contributed by atoms with E-state index in [0.29, 0.717) is 12.8 Å². The summed E-state index contributed by atoms with van der Waals surface area (Å²) >= 11 is 0. The molecule has 1 fully saturated rings. The number of ketones is 1. The first-order valence-corrected chi connectivity index (χ1v) is 4.48. The fraction of sp³-hybridized carbons (Fsp3) is 0.889. The van der Waals surface area contributed by atoms with Crippen LogP contribution in [0.1, 0.15) is 39.0 Å². The predicted molar refractivity (Wildman–Crippen MR) is 42.3 cm³/mol. The molecule has 0 amide bonds. The largest absolute Gasteiger partial charge is 0.450 e. The van der Waals surface area contributed by atoms with Crippen LogP contribution in [0, 0.1) is 5.41 Å². The van der Waals surface area contributed by atoms with E-state index >= 15 is 0 Å². The molecule has 0 aliphatic heterocycles. The number of Topliss-reactive ketones (excluding diaryl/α,β-unsaturated/α-hetero) is 1. The molecule has 0 saturated heterocycles. The topological polar surface area (TPSA) is 17.1 Å². The first-order valence-electron chi connectivity index (χ1n) is 4.48. The molecule has 1 aliphatic carbocycles. The van der Waals surface area contributed by atoms with E-state index in [4.69, 9.17) is 0 Å². The quantitative estimate of drug-likeness (QED) is 0.626. The van der Waals surface area contributed by atoms with Crippen molar-refractivity contribution in [1.82, 2.24) is 0 Å². The molecule has 76 valence electrons. The van der Waals surface area contributed by atoms with Crippen LogP contribution in [0.2, 0.25) is 0 Å². The molecule has 0 unspecified atom stereocenters. The lowest BCUT2D eigenvalue weighted by atomic mass is 9.72. The van der Waals surface area contributed by atoms with Crippen molar-refractivity contribution in [2.45, 2.75) is 45.2 Å². The van der Waals surface area contributed by atoms with E-state index in [9.17, 15) is 18.0 Å². The Labute approximate surface area is 75.3 Å². The third-order valence-electron chi connectivity index (χ3n) is 2.76. The normalized spacial score (nSPS) is 22.8. The number of hydrogen-bond acceptors (Lipinski definition) is 1. The molecule has 0 atom stereocenters. The maximum absolute atomic E-state index is 12.1. The fourth-order valence-corrected chi connectivity index (χ4v) is 1.90. The van der Waals surface area contributed by atoms with Crippen LogP contribution in [0.4, 0.5) is 13.2 Å². The standard InChI is InChI=1S/C9H13F3O/c1-8(5-3-2-4-6-8)7(13)9(10,11)12/h2-6H2,1H3. The van der Waals surface area contributed by atoms with Crippen molar-refractivity contribution in [3.05, 3.63) is 0 Å². The SMILES string of the molecule is CC1(C(=O)C(F)(F)F)CCCCC1. The van der Waals surface area contributed by atoms with Gasteiger partial charge in [0, 0.05) is 5.41 Å². The lowest BCUT2D eigenvalue weighted by molar-refractivity contribution is -0.183. The molecule has 4 heteroatoms. The molecule has 0 aromatic heterocycles. The minimum atomic E-state index is -4.66. The number of alkyl halides is 3. The molecule has 0 aromatic rings. The Bertz CT molecular complexity index is 201. The summed E-state index contributed by atoms with van der Waals surface area (Å²) < 4.78 is 36.4. The number of rotatable bonds is 1. The van der Waals surface area contributed by atoms with Crippen molar-refractivity contribution >= 4 is 5.78 Å². The van der Waals surface area contributed by atoms with Gasteiger partial charge in [0.05, 0.1) is 0 Å². The molecule has 1 aliphatic rings. The van der Waals surface area contributed by atoms with Crippen molar-refractivity contribution in [3.63, 3.8) is 0 Å². The van der Waals surface area contributed by atoms with Crippen LogP contribution in [0.25, 0.3) is 0 Å². The number of halogens is 3. The van der Waals surface area contributed by atoms with Crippen molar-refractivity contribution in [2.24, 2.45) is 5.41 Å². The van der Waals surface area contributed by atoms with Gasteiger partial charge in [0.2, 0.25) is 5.78 Å². The maximum Gasteiger partial charge on any atom is 0.450 e. The van der Waals surface area contributed by atoms with E-state index < -0.39 is 17.4 Å². The van der Waals surface area contributed by atoms with Crippen LogP contribution >= 0.6 is 0 Å². The van der Waals surface area contributed by atoms with Crippen molar-refractivity contribution < 1.29 is 18.0 Å². The van der Waals surface area contributed by atoms with Gasteiger partial charge in [-0.05, 0) is 12.8 Å². The Morgan fingerprint density at radius 1 is 1.15 bits per heavy atom. The minimum Gasteiger partial charge on any atom is -0.289 e. The Balaban J connectivity index is 2.73.